The molecule has 1 aromatic heterocycles. The Kier molecular flexibility index (Phi) is 9.38. The number of hydrogen-bond acceptors (Lipinski definition) is 8. The molecule has 2 aliphatic carbocycles. The van der Waals surface area contributed by atoms with Crippen LogP contribution in [0.25, 0.3) is 10.9 Å². The van der Waals surface area contributed by atoms with Gasteiger partial charge in [-0.3, -0.25) is 19.1 Å². The zero-order valence-corrected chi connectivity index (χ0v) is 32.7. The lowest BCUT2D eigenvalue weighted by Gasteiger charge is -2.36. The van der Waals surface area contributed by atoms with Gasteiger partial charge in [-0.15, -0.1) is 0 Å². The van der Waals surface area contributed by atoms with Crippen LogP contribution in [0, 0.1) is 12.8 Å². The van der Waals surface area contributed by atoms with E-state index in [1.165, 1.54) is 4.90 Å². The SMILES string of the molecule is C=C1[C@H]2/C=C\CCCCC[C@@H](NC(=O)NC(C)(C)C)C(=O)N3C[C@]4(CCc5c(c(C)nc6ccccc56)O4)C[C@H]3C(=O)N[C@]12C(=O)NS(=O)(=O)C1(C)CC1. The number of amides is 5. The number of nitrogens with zero attached hydrogens (tertiary/aromatic N) is 2. The van der Waals surface area contributed by atoms with Gasteiger partial charge in [0.25, 0.3) is 5.91 Å². The zero-order chi connectivity index (χ0) is 38.8. The van der Waals surface area contributed by atoms with Crippen LogP contribution in [-0.2, 0) is 30.8 Å². The highest BCUT2D eigenvalue weighted by atomic mass is 32.2. The summed E-state index contributed by atoms with van der Waals surface area (Å²) in [7, 11) is -4.03. The molecule has 4 N–H and O–H groups in total. The molecule has 1 aromatic carbocycles. The van der Waals surface area contributed by atoms with Gasteiger partial charge in [0.1, 0.15) is 23.4 Å². The molecule has 5 aliphatic rings. The summed E-state index contributed by atoms with van der Waals surface area (Å²) in [4.78, 5) is 63.0. The van der Waals surface area contributed by atoms with E-state index >= 15 is 0 Å². The summed E-state index contributed by atoms with van der Waals surface area (Å²) in [6.07, 6.45) is 9.07. The number of pyridine rings is 1. The topological polar surface area (TPSA) is 176 Å². The van der Waals surface area contributed by atoms with Crippen molar-refractivity contribution in [3.05, 3.63) is 59.8 Å². The molecule has 54 heavy (non-hydrogen) atoms. The van der Waals surface area contributed by atoms with E-state index in [0.29, 0.717) is 62.0 Å². The summed E-state index contributed by atoms with van der Waals surface area (Å²) >= 11 is 0. The maximum atomic E-state index is 14.7. The molecule has 2 saturated carbocycles. The number of sulfonamides is 1. The molecule has 3 aliphatic heterocycles. The first-order valence-corrected chi connectivity index (χ1v) is 20.6. The van der Waals surface area contributed by atoms with Crippen LogP contribution in [0.2, 0.25) is 0 Å². The maximum Gasteiger partial charge on any atom is 0.315 e. The molecule has 4 heterocycles. The lowest BCUT2D eigenvalue weighted by molar-refractivity contribution is -0.141. The molecule has 14 heteroatoms. The van der Waals surface area contributed by atoms with Gasteiger partial charge in [0.05, 0.1) is 22.5 Å². The van der Waals surface area contributed by atoms with Crippen LogP contribution in [-0.4, -0.2) is 82.1 Å². The van der Waals surface area contributed by atoms with Crippen molar-refractivity contribution in [3.63, 3.8) is 0 Å². The molecule has 0 unspecified atom stereocenters. The number of ether oxygens (including phenoxy) is 1. The molecule has 5 amide bonds. The molecule has 2 aromatic rings. The molecular weight excluding hydrogens is 709 g/mol. The van der Waals surface area contributed by atoms with Crippen LogP contribution in [0.4, 0.5) is 4.79 Å². The standard InChI is InChI=1S/C40H52N6O7S/c1-24-28-15-10-8-7-9-11-17-30(42-36(50)44-37(3,4)5)34(48)46-23-39(19-18-27-26-14-12-13-16-29(26)41-25(2)32(27)53-39)22-31(46)33(47)43-40(24,28)35(49)45-54(51,52)38(6)20-21-38/h10,12-16,28,30-31H,1,7-9,11,17-23H2,2-6H3,(H,43,47)(H,45,49)(H2,42,44,50)/b15-10-/t28-,30-,31+,39+,40-/m1/s1. The van der Waals surface area contributed by atoms with Gasteiger partial charge in [0.2, 0.25) is 21.8 Å². The average molecular weight is 761 g/mol. The highest BCUT2D eigenvalue weighted by Crippen LogP contribution is 2.52. The second kappa shape index (κ2) is 13.4. The van der Waals surface area contributed by atoms with E-state index < -0.39 is 73.2 Å². The average Bonchev–Trinajstić information content (AvgIpc) is 3.94. The lowest BCUT2D eigenvalue weighted by atomic mass is 9.87. The third kappa shape index (κ3) is 6.86. The van der Waals surface area contributed by atoms with Crippen molar-refractivity contribution in [1.82, 2.24) is 30.6 Å². The Hall–Kier alpha value is -4.46. The maximum absolute atomic E-state index is 14.7. The number of carbonyl (C=O) groups excluding carboxylic acids is 4. The van der Waals surface area contributed by atoms with E-state index in [1.54, 1.807) is 6.92 Å². The van der Waals surface area contributed by atoms with Crippen molar-refractivity contribution < 1.29 is 32.3 Å². The third-order valence-electron chi connectivity index (χ3n) is 11.8. The smallest absolute Gasteiger partial charge is 0.315 e. The first-order valence-electron chi connectivity index (χ1n) is 19.1. The molecule has 1 spiro atoms. The fourth-order valence-electron chi connectivity index (χ4n) is 8.31. The van der Waals surface area contributed by atoms with Crippen molar-refractivity contribution in [2.45, 2.75) is 132 Å². The predicted molar refractivity (Wildman–Crippen MR) is 204 cm³/mol. The number of aryl methyl sites for hydroxylation is 2. The van der Waals surface area contributed by atoms with E-state index in [2.05, 4.69) is 27.3 Å². The van der Waals surface area contributed by atoms with Gasteiger partial charge in [0, 0.05) is 28.8 Å². The Morgan fingerprint density at radius 2 is 1.83 bits per heavy atom. The number of allylic oxidation sites excluding steroid dienone is 1. The summed E-state index contributed by atoms with van der Waals surface area (Å²) < 4.78 is 34.6. The van der Waals surface area contributed by atoms with Crippen LogP contribution in [0.5, 0.6) is 5.75 Å². The van der Waals surface area contributed by atoms with E-state index in [9.17, 15) is 27.6 Å². The summed E-state index contributed by atoms with van der Waals surface area (Å²) in [6, 6.07) is 5.33. The predicted octanol–water partition coefficient (Wildman–Crippen LogP) is 4.23. The van der Waals surface area contributed by atoms with Crippen LogP contribution < -0.4 is 25.4 Å². The van der Waals surface area contributed by atoms with Gasteiger partial charge in [-0.2, -0.15) is 0 Å². The van der Waals surface area contributed by atoms with E-state index in [4.69, 9.17) is 9.72 Å². The minimum Gasteiger partial charge on any atom is -0.483 e. The second-order valence-corrected chi connectivity index (χ2v) is 19.3. The summed E-state index contributed by atoms with van der Waals surface area (Å²) in [6.45, 7) is 13.2. The normalized spacial score (nSPS) is 30.1. The number of carbonyl (C=O) groups is 4. The zero-order valence-electron chi connectivity index (χ0n) is 31.8. The molecule has 3 fully saturated rings. The van der Waals surface area contributed by atoms with E-state index in [0.717, 1.165) is 29.3 Å². The first-order chi connectivity index (χ1) is 25.4. The molecule has 5 atom stereocenters. The monoisotopic (exact) mass is 760 g/mol. The third-order valence-corrected chi connectivity index (χ3v) is 14.0. The Morgan fingerprint density at radius 3 is 2.56 bits per heavy atom. The number of para-hydroxylation sites is 1. The van der Waals surface area contributed by atoms with Crippen LogP contribution >= 0.6 is 0 Å². The fourth-order valence-corrected chi connectivity index (χ4v) is 9.60. The van der Waals surface area contributed by atoms with Crippen molar-refractivity contribution in [1.29, 1.82) is 0 Å². The van der Waals surface area contributed by atoms with Crippen molar-refractivity contribution in [3.8, 4) is 5.75 Å². The van der Waals surface area contributed by atoms with E-state index in [1.807, 2.05) is 64.1 Å². The Balaban J connectivity index is 1.25. The van der Waals surface area contributed by atoms with Gasteiger partial charge < -0.3 is 25.6 Å². The lowest BCUT2D eigenvalue weighted by Crippen LogP contribution is -2.59. The number of fused-ring (bicyclic) bond motifs is 5. The van der Waals surface area contributed by atoms with Gasteiger partial charge in [-0.1, -0.05) is 49.8 Å². The minimum absolute atomic E-state index is 0.0604. The van der Waals surface area contributed by atoms with Gasteiger partial charge in [-0.25, -0.2) is 18.2 Å². The first kappa shape index (κ1) is 37.8. The number of urea groups is 1. The number of hydrogen-bond donors (Lipinski definition) is 4. The van der Waals surface area contributed by atoms with Crippen LogP contribution in [0.15, 0.2) is 48.6 Å². The quantitative estimate of drug-likeness (QED) is 0.335. The van der Waals surface area contributed by atoms with E-state index in [-0.39, 0.29) is 13.0 Å². The van der Waals surface area contributed by atoms with Crippen LogP contribution in [0.3, 0.4) is 0 Å². The molecule has 7 rings (SSSR count). The van der Waals surface area contributed by atoms with Gasteiger partial charge >= 0.3 is 6.03 Å². The Morgan fingerprint density at radius 1 is 1.09 bits per heavy atom. The second-order valence-electron chi connectivity index (χ2n) is 17.1. The molecule has 290 valence electrons. The van der Waals surface area contributed by atoms with Crippen molar-refractivity contribution in [2.24, 2.45) is 5.92 Å². The summed E-state index contributed by atoms with van der Waals surface area (Å²) in [5.41, 5.74) is -0.296. The van der Waals surface area contributed by atoms with Crippen molar-refractivity contribution in [2.75, 3.05) is 6.54 Å². The molecule has 0 radical (unpaired) electrons. The Bertz CT molecular complexity index is 2070. The highest BCUT2D eigenvalue weighted by Gasteiger charge is 2.67. The minimum atomic E-state index is -4.03. The summed E-state index contributed by atoms with van der Waals surface area (Å²) in [5.74, 6) is -1.93. The number of benzene rings is 1. The van der Waals surface area contributed by atoms with Gasteiger partial charge in [-0.05, 0) is 91.2 Å². The molecule has 0 bridgehead atoms. The highest BCUT2D eigenvalue weighted by molar-refractivity contribution is 7.91. The number of nitrogens with one attached hydrogen (secondary N) is 4. The number of rotatable bonds is 4. The molecule has 1 saturated heterocycles. The largest absolute Gasteiger partial charge is 0.483 e. The van der Waals surface area contributed by atoms with Crippen molar-refractivity contribution >= 4 is 44.7 Å². The number of aromatic nitrogens is 1. The van der Waals surface area contributed by atoms with Crippen LogP contribution in [0.1, 0.15) is 96.7 Å². The summed E-state index contributed by atoms with van der Waals surface area (Å²) in [5, 5.41) is 9.67. The fraction of sp³-hybridized carbons (Fsp3) is 0.575. The Labute approximate surface area is 317 Å². The van der Waals surface area contributed by atoms with Gasteiger partial charge in [0.15, 0.2) is 5.54 Å². The molecular formula is C40H52N6O7S. The molecule has 13 nitrogen and oxygen atoms in total.